The summed E-state index contributed by atoms with van der Waals surface area (Å²) in [5, 5.41) is 16.8. The molecule has 0 aliphatic heterocycles. The minimum Gasteiger partial charge on any atom is -0.444 e. The van der Waals surface area contributed by atoms with Crippen LogP contribution in [-0.4, -0.2) is 50.6 Å². The van der Waals surface area contributed by atoms with Crippen LogP contribution in [0.15, 0.2) is 30.5 Å². The molecule has 3 amide bonds. The second-order valence-electron chi connectivity index (χ2n) is 11.7. The minimum atomic E-state index is -1.15. The van der Waals surface area contributed by atoms with Crippen LogP contribution in [-0.2, 0) is 14.3 Å². The minimum absolute atomic E-state index is 0.156. The van der Waals surface area contributed by atoms with Gasteiger partial charge >= 0.3 is 12.2 Å². The maximum atomic E-state index is 13.3. The molecule has 40 heavy (non-hydrogen) atoms. The summed E-state index contributed by atoms with van der Waals surface area (Å²) in [6.07, 6.45) is -0.675. The number of halogens is 1. The zero-order valence-corrected chi connectivity index (χ0v) is 23.5. The molecule has 3 aromatic rings. The Hall–Kier alpha value is -4.35. The molecule has 4 rings (SSSR count). The first kappa shape index (κ1) is 28.7. The molecule has 0 bridgehead atoms. The molecule has 2 heterocycles. The van der Waals surface area contributed by atoms with E-state index in [1.54, 1.807) is 72.0 Å². The van der Waals surface area contributed by atoms with Crippen molar-refractivity contribution in [3.63, 3.8) is 0 Å². The summed E-state index contributed by atoms with van der Waals surface area (Å²) in [4.78, 5) is 41.4. The molecule has 0 saturated heterocycles. The Morgan fingerprint density at radius 3 is 2.08 bits per heavy atom. The lowest BCUT2D eigenvalue weighted by molar-refractivity contribution is -0.117. The number of benzene rings is 1. The van der Waals surface area contributed by atoms with Crippen molar-refractivity contribution in [1.82, 2.24) is 15.2 Å². The van der Waals surface area contributed by atoms with Gasteiger partial charge in [-0.15, -0.1) is 10.2 Å². The van der Waals surface area contributed by atoms with Crippen molar-refractivity contribution in [3.05, 3.63) is 36.0 Å². The number of carbonyl (C=O) groups is 3. The quantitative estimate of drug-likeness (QED) is 0.350. The highest BCUT2D eigenvalue weighted by molar-refractivity contribution is 6.02. The number of carbonyl (C=O) groups excluding carboxylic acids is 3. The average Bonchev–Trinajstić information content (AvgIpc) is 3.53. The number of ether oxygens (including phenoxy) is 2. The lowest BCUT2D eigenvalue weighted by atomic mass is 10.00. The first-order valence-electron chi connectivity index (χ1n) is 12.8. The van der Waals surface area contributed by atoms with E-state index in [4.69, 9.17) is 9.47 Å². The largest absolute Gasteiger partial charge is 0.444 e. The Balaban J connectivity index is 1.69. The van der Waals surface area contributed by atoms with Crippen molar-refractivity contribution < 1.29 is 28.2 Å². The van der Waals surface area contributed by atoms with Crippen molar-refractivity contribution in [1.29, 1.82) is 0 Å². The van der Waals surface area contributed by atoms with Crippen LogP contribution in [0.25, 0.3) is 22.0 Å². The van der Waals surface area contributed by atoms with Gasteiger partial charge in [0.1, 0.15) is 28.7 Å². The van der Waals surface area contributed by atoms with E-state index in [0.29, 0.717) is 33.5 Å². The number of nitrogens with one attached hydrogen (secondary N) is 3. The number of aromatic nitrogens is 3. The van der Waals surface area contributed by atoms with Gasteiger partial charge in [-0.2, -0.15) is 0 Å². The van der Waals surface area contributed by atoms with Gasteiger partial charge in [0.05, 0.1) is 11.6 Å². The highest BCUT2D eigenvalue weighted by Crippen LogP contribution is 2.36. The average molecular weight is 553 g/mol. The zero-order valence-electron chi connectivity index (χ0n) is 23.5. The molecule has 1 saturated carbocycles. The van der Waals surface area contributed by atoms with Crippen molar-refractivity contribution >= 4 is 46.3 Å². The second-order valence-corrected chi connectivity index (χ2v) is 11.7. The number of alkyl halides is 1. The van der Waals surface area contributed by atoms with Gasteiger partial charge in [-0.05, 0) is 90.3 Å². The van der Waals surface area contributed by atoms with E-state index in [1.165, 1.54) is 0 Å². The van der Waals surface area contributed by atoms with E-state index >= 15 is 0 Å². The highest BCUT2D eigenvalue weighted by atomic mass is 19.1. The van der Waals surface area contributed by atoms with Gasteiger partial charge in [0, 0.05) is 17.1 Å². The molecule has 11 nitrogen and oxygen atoms in total. The molecule has 1 aliphatic carbocycles. The number of nitrogens with zero attached hydrogens (tertiary/aromatic N) is 3. The third-order valence-electron chi connectivity index (χ3n) is 5.68. The number of amides is 3. The fourth-order valence-electron chi connectivity index (χ4n) is 3.87. The standard InChI is InChI=1S/C28H33FN6O5/c1-14-8-21(33-26(38)40-28(5,6)7)30-13-18(14)15-9-16-11-22(32-24(36)17-12-19(17)29)34-35-23(16)20(10-15)31-25(37)39-27(2,3)4/h8-11,13,17,19H,12H2,1-7H3,(H,31,37)(H,30,33,38)(H,32,34,36). The number of hydrogen-bond acceptors (Lipinski definition) is 8. The van der Waals surface area contributed by atoms with E-state index in [0.717, 1.165) is 5.56 Å². The molecule has 3 N–H and O–H groups in total. The number of hydrogen-bond donors (Lipinski definition) is 3. The van der Waals surface area contributed by atoms with Crippen LogP contribution < -0.4 is 16.0 Å². The predicted octanol–water partition coefficient (Wildman–Crippen LogP) is 5.99. The molecule has 1 aliphatic rings. The topological polar surface area (TPSA) is 144 Å². The summed E-state index contributed by atoms with van der Waals surface area (Å²) >= 11 is 0. The van der Waals surface area contributed by atoms with E-state index in [9.17, 15) is 18.8 Å². The third-order valence-corrected chi connectivity index (χ3v) is 5.68. The van der Waals surface area contributed by atoms with Crippen molar-refractivity contribution in [2.45, 2.75) is 72.3 Å². The van der Waals surface area contributed by atoms with E-state index in [-0.39, 0.29) is 12.2 Å². The molecule has 1 aromatic carbocycles. The molecule has 2 atom stereocenters. The molecular formula is C28H33FN6O5. The summed E-state index contributed by atoms with van der Waals surface area (Å²) in [6.45, 7) is 12.4. The number of aryl methyl sites for hydroxylation is 1. The lowest BCUT2D eigenvalue weighted by Gasteiger charge is -2.20. The molecular weight excluding hydrogens is 519 g/mol. The lowest BCUT2D eigenvalue weighted by Crippen LogP contribution is -2.27. The summed E-state index contributed by atoms with van der Waals surface area (Å²) in [7, 11) is 0. The molecule has 2 aromatic heterocycles. The first-order valence-corrected chi connectivity index (χ1v) is 12.8. The fraction of sp³-hybridized carbons (Fsp3) is 0.429. The van der Waals surface area contributed by atoms with Crippen LogP contribution in [0.1, 0.15) is 53.5 Å². The van der Waals surface area contributed by atoms with Crippen LogP contribution in [0, 0.1) is 12.8 Å². The van der Waals surface area contributed by atoms with E-state index in [2.05, 4.69) is 31.1 Å². The number of anilines is 3. The Morgan fingerprint density at radius 2 is 1.50 bits per heavy atom. The third kappa shape index (κ3) is 7.39. The van der Waals surface area contributed by atoms with E-state index < -0.39 is 41.4 Å². The van der Waals surface area contributed by atoms with Crippen LogP contribution in [0.3, 0.4) is 0 Å². The van der Waals surface area contributed by atoms with Gasteiger partial charge in [-0.25, -0.2) is 19.0 Å². The summed E-state index contributed by atoms with van der Waals surface area (Å²) < 4.78 is 24.0. The fourth-order valence-corrected chi connectivity index (χ4v) is 3.87. The monoisotopic (exact) mass is 552 g/mol. The van der Waals surface area contributed by atoms with E-state index in [1.807, 2.05) is 6.92 Å². The highest BCUT2D eigenvalue weighted by Gasteiger charge is 2.43. The van der Waals surface area contributed by atoms with Gasteiger partial charge in [0.2, 0.25) is 5.91 Å². The van der Waals surface area contributed by atoms with Crippen LogP contribution in [0.2, 0.25) is 0 Å². The number of rotatable bonds is 5. The van der Waals surface area contributed by atoms with Crippen molar-refractivity contribution in [2.75, 3.05) is 16.0 Å². The van der Waals surface area contributed by atoms with Gasteiger partial charge in [-0.1, -0.05) is 0 Å². The van der Waals surface area contributed by atoms with Crippen molar-refractivity contribution in [2.24, 2.45) is 5.92 Å². The van der Waals surface area contributed by atoms with Gasteiger partial charge in [0.25, 0.3) is 0 Å². The molecule has 12 heteroatoms. The number of pyridine rings is 1. The summed E-state index contributed by atoms with van der Waals surface area (Å²) in [5.74, 6) is -0.679. The number of fused-ring (bicyclic) bond motifs is 1. The normalized spacial score (nSPS) is 16.7. The molecule has 2 unspecified atom stereocenters. The summed E-state index contributed by atoms with van der Waals surface area (Å²) in [6, 6.07) is 6.81. The first-order chi connectivity index (χ1) is 18.6. The Labute approximate surface area is 231 Å². The zero-order chi connectivity index (χ0) is 29.4. The smallest absolute Gasteiger partial charge is 0.413 e. The Morgan fingerprint density at radius 1 is 0.875 bits per heavy atom. The van der Waals surface area contributed by atoms with Crippen LogP contribution >= 0.6 is 0 Å². The van der Waals surface area contributed by atoms with Crippen LogP contribution in [0.5, 0.6) is 0 Å². The maximum Gasteiger partial charge on any atom is 0.413 e. The van der Waals surface area contributed by atoms with Crippen LogP contribution in [0.4, 0.5) is 31.3 Å². The van der Waals surface area contributed by atoms with Gasteiger partial charge in [-0.3, -0.25) is 15.4 Å². The second kappa shape index (κ2) is 10.7. The Bertz CT molecular complexity index is 1480. The predicted molar refractivity (Wildman–Crippen MR) is 149 cm³/mol. The molecule has 1 fully saturated rings. The maximum absolute atomic E-state index is 13.3. The van der Waals surface area contributed by atoms with Gasteiger partial charge < -0.3 is 14.8 Å². The van der Waals surface area contributed by atoms with Crippen molar-refractivity contribution in [3.8, 4) is 11.1 Å². The SMILES string of the molecule is Cc1cc(NC(=O)OC(C)(C)C)ncc1-c1cc(NC(=O)OC(C)(C)C)c2nnc(NC(=O)C3CC3F)cc2c1. The Kier molecular flexibility index (Phi) is 7.64. The molecule has 212 valence electrons. The molecule has 0 spiro atoms. The summed E-state index contributed by atoms with van der Waals surface area (Å²) in [5.41, 5.74) is 1.46. The van der Waals surface area contributed by atoms with Gasteiger partial charge in [0.15, 0.2) is 5.82 Å². The molecule has 0 radical (unpaired) electrons.